The van der Waals surface area contributed by atoms with E-state index >= 15 is 0 Å². The minimum Gasteiger partial charge on any atom is -0.448 e. The van der Waals surface area contributed by atoms with E-state index in [2.05, 4.69) is 21.4 Å². The first-order valence-corrected chi connectivity index (χ1v) is 11.3. The van der Waals surface area contributed by atoms with Crippen molar-refractivity contribution in [3.63, 3.8) is 0 Å². The van der Waals surface area contributed by atoms with E-state index in [4.69, 9.17) is 15.6 Å². The predicted octanol–water partition coefficient (Wildman–Crippen LogP) is 4.33. The van der Waals surface area contributed by atoms with E-state index in [0.29, 0.717) is 41.1 Å². The number of carbonyl (C=O) groups excluding carboxylic acids is 1. The Morgan fingerprint density at radius 1 is 1.22 bits per heavy atom. The summed E-state index contributed by atoms with van der Waals surface area (Å²) < 4.78 is 45.7. The quantitative estimate of drug-likeness (QED) is 0.530. The van der Waals surface area contributed by atoms with Crippen LogP contribution in [-0.4, -0.2) is 49.8 Å². The maximum atomic E-state index is 12.8. The van der Waals surface area contributed by atoms with Crippen molar-refractivity contribution in [3.8, 4) is 17.0 Å². The van der Waals surface area contributed by atoms with Crippen LogP contribution < -0.4 is 10.5 Å². The fourth-order valence-corrected chi connectivity index (χ4v) is 4.32. The minimum atomic E-state index is -4.55. The third kappa shape index (κ3) is 4.88. The van der Waals surface area contributed by atoms with Gasteiger partial charge in [0, 0.05) is 18.7 Å². The second-order valence-electron chi connectivity index (χ2n) is 8.46. The molecule has 2 aromatic heterocycles. The predicted molar refractivity (Wildman–Crippen MR) is 126 cm³/mol. The third-order valence-corrected chi connectivity index (χ3v) is 5.94. The molecule has 0 spiro atoms. The average Bonchev–Trinajstić information content (AvgIpc) is 3.25. The molecule has 11 heteroatoms. The Kier molecular flexibility index (Phi) is 6.10. The Morgan fingerprint density at radius 2 is 2.03 bits per heavy atom. The number of aromatic nitrogens is 4. The van der Waals surface area contributed by atoms with Gasteiger partial charge < -0.3 is 15.4 Å². The highest BCUT2D eigenvalue weighted by Crippen LogP contribution is 2.35. The molecule has 1 saturated heterocycles. The van der Waals surface area contributed by atoms with Gasteiger partial charge in [-0.15, -0.1) is 0 Å². The molecule has 36 heavy (non-hydrogen) atoms. The number of hydrogen-bond acceptors (Lipinski definition) is 6. The summed E-state index contributed by atoms with van der Waals surface area (Å²) in [5.41, 5.74) is 13.6. The van der Waals surface area contributed by atoms with E-state index in [1.165, 1.54) is 11.2 Å². The van der Waals surface area contributed by atoms with Crippen molar-refractivity contribution in [1.29, 1.82) is 0 Å². The standard InChI is InChI=1S/C25H21F3N6O2/c26-25(27,28)13-20(35)33-12-4-5-17(14-33)34-24-21(23(29)30-15-31-24)22(32-34)16-8-10-19(11-9-16)36-18-6-2-1-3-7-18/h1-2,6,8-11,15,17H,4-5,12-14H2,(H2,29,30,31)/t17-/m1/s1. The Bertz CT molecular complexity index is 1440. The van der Waals surface area contributed by atoms with Crippen LogP contribution in [-0.2, 0) is 4.79 Å². The Hall–Kier alpha value is -4.33. The van der Waals surface area contributed by atoms with Gasteiger partial charge in [-0.1, -0.05) is 5.73 Å². The molecule has 1 aromatic carbocycles. The number of benzene rings is 1. The van der Waals surface area contributed by atoms with E-state index < -0.39 is 18.5 Å². The summed E-state index contributed by atoms with van der Waals surface area (Å²) in [6.07, 6.45) is 1.76. The van der Waals surface area contributed by atoms with E-state index in [-0.39, 0.29) is 24.9 Å². The molecular formula is C25H21F3N6O2. The highest BCUT2D eigenvalue weighted by molar-refractivity contribution is 5.98. The first-order chi connectivity index (χ1) is 17.3. The van der Waals surface area contributed by atoms with Gasteiger partial charge in [-0.25, -0.2) is 14.6 Å². The number of anilines is 1. The number of amides is 1. The summed E-state index contributed by atoms with van der Waals surface area (Å²) in [7, 11) is 0. The van der Waals surface area contributed by atoms with Crippen LogP contribution in [0.2, 0.25) is 0 Å². The molecular weight excluding hydrogens is 473 g/mol. The van der Waals surface area contributed by atoms with Crippen LogP contribution in [0.1, 0.15) is 25.3 Å². The first-order valence-electron chi connectivity index (χ1n) is 11.3. The summed E-state index contributed by atoms with van der Waals surface area (Å²) in [6.45, 7) is 0.374. The summed E-state index contributed by atoms with van der Waals surface area (Å²) in [5, 5.41) is 5.29. The molecule has 2 N–H and O–H groups in total. The molecule has 0 unspecified atom stereocenters. The molecule has 3 heterocycles. The number of nitrogen functional groups attached to an aromatic ring is 1. The molecule has 2 aliphatic rings. The largest absolute Gasteiger partial charge is 0.448 e. The molecule has 1 aliphatic heterocycles. The van der Waals surface area contributed by atoms with Gasteiger partial charge in [0.2, 0.25) is 5.91 Å². The maximum Gasteiger partial charge on any atom is 0.397 e. The zero-order valence-corrected chi connectivity index (χ0v) is 19.0. The molecule has 8 nitrogen and oxygen atoms in total. The van der Waals surface area contributed by atoms with Crippen molar-refractivity contribution in [2.24, 2.45) is 0 Å². The summed E-state index contributed by atoms with van der Waals surface area (Å²) in [4.78, 5) is 21.9. The molecule has 0 saturated carbocycles. The van der Waals surface area contributed by atoms with Crippen LogP contribution in [0.15, 0.2) is 66.0 Å². The lowest BCUT2D eigenvalue weighted by Gasteiger charge is -2.33. The fourth-order valence-electron chi connectivity index (χ4n) is 4.32. The van der Waals surface area contributed by atoms with Crippen LogP contribution in [0.3, 0.4) is 0 Å². The molecule has 1 fully saturated rings. The lowest BCUT2D eigenvalue weighted by atomic mass is 10.1. The van der Waals surface area contributed by atoms with Crippen LogP contribution in [0.4, 0.5) is 19.0 Å². The SMILES string of the molecule is Nc1ncnc2c1c(-c1ccc(OC3=C=C=CC=C3)cc1)nn2[C@@H]1CCCN(C(=O)CC(F)(F)F)C1. The molecule has 1 aliphatic carbocycles. The van der Waals surface area contributed by atoms with Gasteiger partial charge in [-0.05, 0) is 61.1 Å². The number of likely N-dealkylation sites (tertiary alicyclic amines) is 1. The smallest absolute Gasteiger partial charge is 0.397 e. The lowest BCUT2D eigenvalue weighted by molar-refractivity contribution is -0.162. The van der Waals surface area contributed by atoms with Gasteiger partial charge in [0.1, 0.15) is 30.0 Å². The van der Waals surface area contributed by atoms with Crippen molar-refractivity contribution >= 4 is 22.8 Å². The van der Waals surface area contributed by atoms with Crippen molar-refractivity contribution in [3.05, 3.63) is 66.0 Å². The zero-order valence-electron chi connectivity index (χ0n) is 19.0. The van der Waals surface area contributed by atoms with E-state index in [1.807, 2.05) is 12.1 Å². The number of halogens is 3. The number of nitrogens with zero attached hydrogens (tertiary/aromatic N) is 5. The van der Waals surface area contributed by atoms with Gasteiger partial charge in [0.25, 0.3) is 0 Å². The van der Waals surface area contributed by atoms with Crippen LogP contribution in [0, 0.1) is 0 Å². The summed E-state index contributed by atoms with van der Waals surface area (Å²) in [5.74, 6) is 0.409. The minimum absolute atomic E-state index is 0.104. The van der Waals surface area contributed by atoms with Crippen molar-refractivity contribution in [1.82, 2.24) is 24.6 Å². The lowest BCUT2D eigenvalue weighted by Crippen LogP contribution is -2.42. The number of fused-ring (bicyclic) bond motifs is 1. The van der Waals surface area contributed by atoms with Gasteiger partial charge in [-0.2, -0.15) is 18.3 Å². The number of hydrogen-bond donors (Lipinski definition) is 1. The number of rotatable bonds is 5. The number of piperidine rings is 1. The molecule has 0 radical (unpaired) electrons. The van der Waals surface area contributed by atoms with E-state index in [1.54, 1.807) is 35.0 Å². The van der Waals surface area contributed by atoms with Gasteiger partial charge in [0.05, 0.1) is 11.4 Å². The van der Waals surface area contributed by atoms with Gasteiger partial charge >= 0.3 is 6.18 Å². The molecule has 0 bridgehead atoms. The number of allylic oxidation sites excluding steroid dienone is 3. The van der Waals surface area contributed by atoms with Gasteiger partial charge in [-0.3, -0.25) is 4.79 Å². The summed E-state index contributed by atoms with van der Waals surface area (Å²) >= 11 is 0. The number of carbonyl (C=O) groups is 1. The Morgan fingerprint density at radius 3 is 2.75 bits per heavy atom. The second-order valence-corrected chi connectivity index (χ2v) is 8.46. The van der Waals surface area contributed by atoms with Crippen molar-refractivity contribution in [2.75, 3.05) is 18.8 Å². The Balaban J connectivity index is 1.45. The third-order valence-electron chi connectivity index (χ3n) is 5.94. The van der Waals surface area contributed by atoms with Gasteiger partial charge in [0.15, 0.2) is 11.4 Å². The molecule has 184 valence electrons. The van der Waals surface area contributed by atoms with Crippen LogP contribution in [0.25, 0.3) is 22.3 Å². The topological polar surface area (TPSA) is 99.2 Å². The fraction of sp³-hybridized carbons (Fsp3) is 0.280. The van der Waals surface area contributed by atoms with E-state index in [9.17, 15) is 18.0 Å². The monoisotopic (exact) mass is 494 g/mol. The maximum absolute atomic E-state index is 12.8. The zero-order chi connectivity index (χ0) is 25.3. The highest BCUT2D eigenvalue weighted by atomic mass is 19.4. The normalized spacial score (nSPS) is 17.5. The van der Waals surface area contributed by atoms with Crippen molar-refractivity contribution in [2.45, 2.75) is 31.5 Å². The highest BCUT2D eigenvalue weighted by Gasteiger charge is 2.36. The van der Waals surface area contributed by atoms with E-state index in [0.717, 1.165) is 5.56 Å². The number of nitrogens with two attached hydrogens (primary N) is 1. The average molecular weight is 494 g/mol. The first kappa shape index (κ1) is 23.4. The molecule has 3 aromatic rings. The Labute approximate surface area is 203 Å². The second kappa shape index (κ2) is 9.37. The number of ether oxygens (including phenoxy) is 1. The van der Waals surface area contributed by atoms with Crippen LogP contribution >= 0.6 is 0 Å². The summed E-state index contributed by atoms with van der Waals surface area (Å²) in [6, 6.07) is 6.84. The molecule has 1 amide bonds. The van der Waals surface area contributed by atoms with Crippen molar-refractivity contribution < 1.29 is 22.7 Å². The molecule has 1 atom stereocenters. The number of alkyl halides is 3. The molecule has 5 rings (SSSR count). The van der Waals surface area contributed by atoms with Crippen LogP contribution in [0.5, 0.6) is 5.75 Å².